The van der Waals surface area contributed by atoms with Crippen LogP contribution in [0.4, 0.5) is 4.39 Å². The zero-order chi connectivity index (χ0) is 10.9. The molecule has 0 saturated heterocycles. The Morgan fingerprint density at radius 3 is 2.64 bits per heavy atom. The Labute approximate surface area is 85.4 Å². The van der Waals surface area contributed by atoms with E-state index in [0.29, 0.717) is 12.8 Å². The highest BCUT2D eigenvalue weighted by Crippen LogP contribution is 2.40. The molecule has 1 nitrogen and oxygen atoms in total. The Morgan fingerprint density at radius 1 is 1.57 bits per heavy atom. The van der Waals surface area contributed by atoms with Gasteiger partial charge in [-0.3, -0.25) is 4.79 Å². The van der Waals surface area contributed by atoms with E-state index < -0.39 is 6.17 Å². The molecule has 0 radical (unpaired) electrons. The number of allylic oxidation sites excluding steroid dienone is 1. The second-order valence-corrected chi connectivity index (χ2v) is 5.30. The topological polar surface area (TPSA) is 17.1 Å². The fourth-order valence-corrected chi connectivity index (χ4v) is 2.29. The Kier molecular flexibility index (Phi) is 3.13. The maximum Gasteiger partial charge on any atom is 0.170 e. The monoisotopic (exact) mass is 198 g/mol. The zero-order valence-electron chi connectivity index (χ0n) is 9.27. The summed E-state index contributed by atoms with van der Waals surface area (Å²) >= 11 is 0. The van der Waals surface area contributed by atoms with E-state index >= 15 is 0 Å². The molecule has 1 rings (SSSR count). The molecule has 0 bridgehead atoms. The average Bonchev–Trinajstić information content (AvgIpc) is 1.97. The molecule has 1 aliphatic carbocycles. The third kappa shape index (κ3) is 2.66. The Balaban J connectivity index is 2.73. The number of rotatable bonds is 2. The van der Waals surface area contributed by atoms with Gasteiger partial charge in [0.2, 0.25) is 0 Å². The maximum absolute atomic E-state index is 13.4. The van der Waals surface area contributed by atoms with Crippen LogP contribution in [-0.2, 0) is 4.79 Å². The Bertz CT molecular complexity index is 255. The summed E-state index contributed by atoms with van der Waals surface area (Å²) in [7, 11) is 0. The number of alkyl halides is 1. The number of hydrogen-bond acceptors (Lipinski definition) is 1. The van der Waals surface area contributed by atoms with Crippen LogP contribution in [0, 0.1) is 11.3 Å². The Hall–Kier alpha value is -0.660. The molecule has 0 amide bonds. The average molecular weight is 198 g/mol. The molecule has 0 aliphatic heterocycles. The van der Waals surface area contributed by atoms with Crippen LogP contribution in [0.1, 0.15) is 40.0 Å². The first kappa shape index (κ1) is 11.4. The van der Waals surface area contributed by atoms with Crippen molar-refractivity contribution in [3.8, 4) is 0 Å². The van der Waals surface area contributed by atoms with Gasteiger partial charge in [0.1, 0.15) is 0 Å². The van der Waals surface area contributed by atoms with Crippen LogP contribution in [0.3, 0.4) is 0 Å². The van der Waals surface area contributed by atoms with Gasteiger partial charge in [0.05, 0.1) is 0 Å². The highest BCUT2D eigenvalue weighted by Gasteiger charge is 2.40. The van der Waals surface area contributed by atoms with Crippen LogP contribution in [0.25, 0.3) is 0 Å². The fraction of sp³-hybridized carbons (Fsp3) is 0.750. The lowest BCUT2D eigenvalue weighted by atomic mass is 9.69. The summed E-state index contributed by atoms with van der Waals surface area (Å²) in [4.78, 5) is 11.5. The molecule has 0 aromatic carbocycles. The number of Topliss-reactive ketones (excluding diaryl/α,β-unsaturated/α-hetero) is 1. The van der Waals surface area contributed by atoms with E-state index in [9.17, 15) is 9.18 Å². The van der Waals surface area contributed by atoms with Gasteiger partial charge < -0.3 is 0 Å². The normalized spacial score (nSPS) is 31.6. The van der Waals surface area contributed by atoms with E-state index in [-0.39, 0.29) is 17.1 Å². The van der Waals surface area contributed by atoms with Crippen molar-refractivity contribution in [1.29, 1.82) is 0 Å². The minimum Gasteiger partial charge on any atom is -0.296 e. The summed E-state index contributed by atoms with van der Waals surface area (Å²) in [5, 5.41) is 0. The molecule has 0 heterocycles. The highest BCUT2D eigenvalue weighted by atomic mass is 19.1. The highest BCUT2D eigenvalue weighted by molar-refractivity contribution is 5.86. The van der Waals surface area contributed by atoms with Crippen molar-refractivity contribution < 1.29 is 9.18 Å². The standard InChI is InChI=1S/C12H19FO/c1-8(2)5-9-6-12(3,4)7-10(13)11(9)14/h9-10H,1,5-7H2,2-4H3/t9-,10+/m1/s1. The molecule has 80 valence electrons. The van der Waals surface area contributed by atoms with Crippen LogP contribution < -0.4 is 0 Å². The lowest BCUT2D eigenvalue weighted by Gasteiger charge is -2.36. The van der Waals surface area contributed by atoms with Gasteiger partial charge in [-0.05, 0) is 31.6 Å². The summed E-state index contributed by atoms with van der Waals surface area (Å²) in [5.41, 5.74) is 0.918. The van der Waals surface area contributed by atoms with Crippen molar-refractivity contribution in [3.63, 3.8) is 0 Å². The van der Waals surface area contributed by atoms with Gasteiger partial charge in [0, 0.05) is 5.92 Å². The second-order valence-electron chi connectivity index (χ2n) is 5.30. The van der Waals surface area contributed by atoms with E-state index in [0.717, 1.165) is 12.0 Å². The predicted octanol–water partition coefficient (Wildman–Crippen LogP) is 3.30. The van der Waals surface area contributed by atoms with Crippen LogP contribution in [0.15, 0.2) is 12.2 Å². The number of halogens is 1. The third-order valence-corrected chi connectivity index (χ3v) is 2.84. The van der Waals surface area contributed by atoms with Crippen LogP contribution in [-0.4, -0.2) is 12.0 Å². The van der Waals surface area contributed by atoms with Gasteiger partial charge in [0.25, 0.3) is 0 Å². The predicted molar refractivity (Wildman–Crippen MR) is 55.8 cm³/mol. The van der Waals surface area contributed by atoms with E-state index in [1.807, 2.05) is 20.8 Å². The summed E-state index contributed by atoms with van der Waals surface area (Å²) < 4.78 is 13.4. The molecule has 14 heavy (non-hydrogen) atoms. The first-order valence-corrected chi connectivity index (χ1v) is 5.14. The van der Waals surface area contributed by atoms with Gasteiger partial charge in [-0.2, -0.15) is 0 Å². The van der Waals surface area contributed by atoms with E-state index in [1.165, 1.54) is 0 Å². The molecule has 1 aliphatic rings. The molecule has 0 spiro atoms. The zero-order valence-corrected chi connectivity index (χ0v) is 9.27. The molecular weight excluding hydrogens is 179 g/mol. The first-order valence-electron chi connectivity index (χ1n) is 5.14. The van der Waals surface area contributed by atoms with Crippen molar-refractivity contribution in [2.45, 2.75) is 46.2 Å². The molecule has 1 fully saturated rings. The van der Waals surface area contributed by atoms with E-state index in [2.05, 4.69) is 6.58 Å². The van der Waals surface area contributed by atoms with Gasteiger partial charge >= 0.3 is 0 Å². The second kappa shape index (κ2) is 3.84. The number of ketones is 1. The van der Waals surface area contributed by atoms with Gasteiger partial charge in [-0.1, -0.05) is 19.4 Å². The molecule has 0 unspecified atom stereocenters. The van der Waals surface area contributed by atoms with Crippen molar-refractivity contribution in [2.75, 3.05) is 0 Å². The minimum absolute atomic E-state index is 0.0482. The summed E-state index contributed by atoms with van der Waals surface area (Å²) in [5.74, 6) is -0.362. The molecule has 0 aromatic rings. The molecular formula is C12H19FO. The van der Waals surface area contributed by atoms with Gasteiger partial charge in [-0.15, -0.1) is 6.58 Å². The number of hydrogen-bond donors (Lipinski definition) is 0. The molecule has 2 atom stereocenters. The van der Waals surface area contributed by atoms with Crippen molar-refractivity contribution in [3.05, 3.63) is 12.2 Å². The summed E-state index contributed by atoms with van der Waals surface area (Å²) in [6.45, 7) is 9.72. The molecule has 2 heteroatoms. The van der Waals surface area contributed by atoms with Gasteiger partial charge in [0.15, 0.2) is 12.0 Å². The fourth-order valence-electron chi connectivity index (χ4n) is 2.29. The van der Waals surface area contributed by atoms with Crippen molar-refractivity contribution >= 4 is 5.78 Å². The smallest absolute Gasteiger partial charge is 0.170 e. The molecule has 0 aromatic heterocycles. The SMILES string of the molecule is C=C(C)C[C@@H]1CC(C)(C)C[C@H](F)C1=O. The van der Waals surface area contributed by atoms with Crippen molar-refractivity contribution in [2.24, 2.45) is 11.3 Å². The van der Waals surface area contributed by atoms with E-state index in [1.54, 1.807) is 0 Å². The quantitative estimate of drug-likeness (QED) is 0.622. The Morgan fingerprint density at radius 2 is 2.14 bits per heavy atom. The van der Waals surface area contributed by atoms with Crippen LogP contribution in [0.2, 0.25) is 0 Å². The molecule has 1 saturated carbocycles. The van der Waals surface area contributed by atoms with Crippen LogP contribution >= 0.6 is 0 Å². The largest absolute Gasteiger partial charge is 0.296 e. The van der Waals surface area contributed by atoms with Crippen LogP contribution in [0.5, 0.6) is 0 Å². The lowest BCUT2D eigenvalue weighted by Crippen LogP contribution is -2.38. The lowest BCUT2D eigenvalue weighted by molar-refractivity contribution is -0.133. The number of carbonyl (C=O) groups excluding carboxylic acids is 1. The maximum atomic E-state index is 13.4. The van der Waals surface area contributed by atoms with Gasteiger partial charge in [-0.25, -0.2) is 4.39 Å². The molecule has 0 N–H and O–H groups in total. The third-order valence-electron chi connectivity index (χ3n) is 2.84. The number of carbonyl (C=O) groups is 1. The minimum atomic E-state index is -1.26. The summed E-state index contributed by atoms with van der Waals surface area (Å²) in [6.07, 6.45) is 0.545. The van der Waals surface area contributed by atoms with Crippen molar-refractivity contribution in [1.82, 2.24) is 0 Å². The summed E-state index contributed by atoms with van der Waals surface area (Å²) in [6, 6.07) is 0. The first-order chi connectivity index (χ1) is 6.32. The van der Waals surface area contributed by atoms with E-state index in [4.69, 9.17) is 0 Å².